The van der Waals surface area contributed by atoms with E-state index in [-0.39, 0.29) is 0 Å². The van der Waals surface area contributed by atoms with Crippen LogP contribution in [0.3, 0.4) is 0 Å². The van der Waals surface area contributed by atoms with Crippen molar-refractivity contribution in [2.24, 2.45) is 0 Å². The van der Waals surface area contributed by atoms with E-state index in [9.17, 15) is 13.5 Å². The van der Waals surface area contributed by atoms with E-state index in [2.05, 4.69) is 0 Å². The summed E-state index contributed by atoms with van der Waals surface area (Å²) in [5.41, 5.74) is 0. The molecule has 0 aliphatic rings. The van der Waals surface area contributed by atoms with Crippen LogP contribution < -0.4 is 0 Å². The Morgan fingerprint density at radius 3 is 1.33 bits per heavy atom. The molecule has 0 aromatic carbocycles. The van der Waals surface area contributed by atoms with Crippen LogP contribution in [-0.4, -0.2) is 36.4 Å². The third kappa shape index (κ3) is 1.92. The Kier molecular flexibility index (Phi) is 3.21. The highest BCUT2D eigenvalue weighted by molar-refractivity contribution is 7.72. The van der Waals surface area contributed by atoms with Gasteiger partial charge in [0.05, 0.1) is 0 Å². The number of hydrogen-bond acceptors (Lipinski definition) is 3. The lowest BCUT2D eigenvalue weighted by atomic mass is 10.8. The van der Waals surface area contributed by atoms with Crippen LogP contribution >= 0.6 is 15.2 Å². The minimum Gasteiger partial charge on any atom is -0.366 e. The summed E-state index contributed by atoms with van der Waals surface area (Å²) in [5.74, 6) is 0. The Morgan fingerprint density at radius 1 is 1.08 bits per heavy atom. The number of rotatable bonds is 3. The Balaban J connectivity index is 5.25. The van der Waals surface area contributed by atoms with Crippen molar-refractivity contribution < 1.29 is 38.2 Å². The smallest absolute Gasteiger partial charge is 0.366 e. The maximum atomic E-state index is 11.8. The van der Waals surface area contributed by atoms with Crippen LogP contribution in [0.1, 0.15) is 0 Å². The molecule has 0 rings (SSSR count). The van der Waals surface area contributed by atoms with Gasteiger partial charge in [-0.2, -0.15) is 0 Å². The Labute approximate surface area is 66.2 Å². The van der Waals surface area contributed by atoms with Crippen molar-refractivity contribution in [3.05, 3.63) is 0 Å². The number of hydrogen-bond donors (Lipinski definition) is 5. The summed E-state index contributed by atoms with van der Waals surface area (Å²) >= 11 is 0. The van der Waals surface area contributed by atoms with Gasteiger partial charge in [0, 0.05) is 0 Å². The van der Waals surface area contributed by atoms with Crippen molar-refractivity contribution in [3.63, 3.8) is 0 Å². The zero-order chi connectivity index (χ0) is 10.2. The van der Waals surface area contributed by atoms with Gasteiger partial charge in [-0.15, -0.1) is 0 Å². The summed E-state index contributed by atoms with van der Waals surface area (Å²) in [5, 5.41) is 4.68. The van der Waals surface area contributed by atoms with Gasteiger partial charge < -0.3 is 24.7 Å². The van der Waals surface area contributed by atoms with E-state index in [1.54, 1.807) is 0 Å². The SMILES string of the molecule is O=P(O)(O)C(O)(CF)P(=O)(O)O. The van der Waals surface area contributed by atoms with Crippen LogP contribution in [0, 0.1) is 0 Å². The molecule has 10 heteroatoms. The summed E-state index contributed by atoms with van der Waals surface area (Å²) in [6, 6.07) is 0. The molecule has 12 heavy (non-hydrogen) atoms. The van der Waals surface area contributed by atoms with Crippen molar-refractivity contribution in [1.29, 1.82) is 0 Å². The van der Waals surface area contributed by atoms with Crippen LogP contribution in [0.5, 0.6) is 0 Å². The fraction of sp³-hybridized carbons (Fsp3) is 1.00. The van der Waals surface area contributed by atoms with Gasteiger partial charge in [-0.1, -0.05) is 0 Å². The molecule has 0 heterocycles. The normalized spacial score (nSPS) is 14.8. The molecule has 0 fully saturated rings. The van der Waals surface area contributed by atoms with Crippen molar-refractivity contribution in [2.45, 2.75) is 5.08 Å². The first kappa shape index (κ1) is 12.2. The predicted octanol–water partition coefficient (Wildman–Crippen LogP) is -1.04. The molecule has 0 radical (unpaired) electrons. The van der Waals surface area contributed by atoms with Crippen molar-refractivity contribution in [1.82, 2.24) is 0 Å². The van der Waals surface area contributed by atoms with Crippen LogP contribution in [0.25, 0.3) is 0 Å². The average Bonchev–Trinajstić information content (AvgIpc) is 1.81. The first-order valence-electron chi connectivity index (χ1n) is 2.46. The molecule has 0 aromatic rings. The topological polar surface area (TPSA) is 135 Å². The van der Waals surface area contributed by atoms with Crippen LogP contribution in [-0.2, 0) is 9.13 Å². The first-order chi connectivity index (χ1) is 5.06. The Hall–Kier alpha value is 0.190. The molecule has 0 aliphatic heterocycles. The molecule has 0 bridgehead atoms. The third-order valence-electron chi connectivity index (χ3n) is 1.11. The summed E-state index contributed by atoms with van der Waals surface area (Å²) in [4.78, 5) is 32.8. The highest BCUT2D eigenvalue weighted by Crippen LogP contribution is 2.67. The quantitative estimate of drug-likeness (QED) is 0.386. The molecular weight excluding hydrogens is 217 g/mol. The van der Waals surface area contributed by atoms with Crippen molar-refractivity contribution in [3.8, 4) is 0 Å². The summed E-state index contributed by atoms with van der Waals surface area (Å²) in [7, 11) is -11.2. The Morgan fingerprint density at radius 2 is 1.33 bits per heavy atom. The van der Waals surface area contributed by atoms with E-state index in [0.29, 0.717) is 0 Å². The van der Waals surface area contributed by atoms with Gasteiger partial charge in [-0.25, -0.2) is 4.39 Å². The predicted molar refractivity (Wildman–Crippen MR) is 35.0 cm³/mol. The molecule has 0 saturated carbocycles. The van der Waals surface area contributed by atoms with Gasteiger partial charge in [-0.3, -0.25) is 9.13 Å². The zero-order valence-corrected chi connectivity index (χ0v) is 7.32. The van der Waals surface area contributed by atoms with Crippen LogP contribution in [0.15, 0.2) is 0 Å². The molecule has 0 aromatic heterocycles. The van der Waals surface area contributed by atoms with E-state index < -0.39 is 26.9 Å². The zero-order valence-electron chi connectivity index (χ0n) is 5.53. The van der Waals surface area contributed by atoms with E-state index >= 15 is 0 Å². The fourth-order valence-electron chi connectivity index (χ4n) is 0.325. The highest BCUT2D eigenvalue weighted by atomic mass is 31.2. The fourth-order valence-corrected chi connectivity index (χ4v) is 1.99. The minimum atomic E-state index is -5.59. The lowest BCUT2D eigenvalue weighted by Crippen LogP contribution is -2.30. The number of aliphatic hydroxyl groups is 1. The van der Waals surface area contributed by atoms with Gasteiger partial charge in [0.15, 0.2) is 0 Å². The Bertz CT molecular complexity index is 228. The summed E-state index contributed by atoms with van der Waals surface area (Å²) in [6.45, 7) is -2.22. The maximum Gasteiger partial charge on any atom is 0.372 e. The molecule has 0 unspecified atom stereocenters. The van der Waals surface area contributed by atoms with E-state index in [1.807, 2.05) is 0 Å². The summed E-state index contributed by atoms with van der Waals surface area (Å²) in [6.07, 6.45) is 0. The molecule has 74 valence electrons. The monoisotopic (exact) mass is 224 g/mol. The van der Waals surface area contributed by atoms with Gasteiger partial charge in [0.2, 0.25) is 0 Å². The second kappa shape index (κ2) is 3.16. The van der Waals surface area contributed by atoms with Gasteiger partial charge in [-0.05, 0) is 0 Å². The van der Waals surface area contributed by atoms with Gasteiger partial charge in [0.25, 0.3) is 5.08 Å². The minimum absolute atomic E-state index is 2.22. The standard InChI is InChI=1S/C2H7FO7P2/c3-1-2(4,11(5,6)7)12(8,9)10/h4H,1H2,(H2,5,6,7)(H2,8,9,10). The molecule has 0 amide bonds. The average molecular weight is 224 g/mol. The lowest BCUT2D eigenvalue weighted by Gasteiger charge is -2.25. The highest BCUT2D eigenvalue weighted by Gasteiger charge is 2.59. The van der Waals surface area contributed by atoms with Crippen molar-refractivity contribution >= 4 is 15.2 Å². The van der Waals surface area contributed by atoms with E-state index in [0.717, 1.165) is 0 Å². The summed E-state index contributed by atoms with van der Waals surface area (Å²) < 4.78 is 32.3. The largest absolute Gasteiger partial charge is 0.372 e. The molecular formula is C2H7FO7P2. The van der Waals surface area contributed by atoms with Gasteiger partial charge >= 0.3 is 15.2 Å². The molecule has 0 aliphatic carbocycles. The number of halogens is 1. The molecule has 0 spiro atoms. The van der Waals surface area contributed by atoms with E-state index in [4.69, 9.17) is 24.7 Å². The third-order valence-corrected chi connectivity index (χ3v) is 4.78. The maximum absolute atomic E-state index is 11.8. The second-order valence-electron chi connectivity index (χ2n) is 2.00. The van der Waals surface area contributed by atoms with Crippen LogP contribution in [0.4, 0.5) is 4.39 Å². The van der Waals surface area contributed by atoms with E-state index in [1.165, 1.54) is 0 Å². The second-order valence-corrected chi connectivity index (χ2v) is 6.00. The first-order valence-corrected chi connectivity index (χ1v) is 5.68. The van der Waals surface area contributed by atoms with Crippen molar-refractivity contribution in [2.75, 3.05) is 6.67 Å². The molecule has 7 nitrogen and oxygen atoms in total. The van der Waals surface area contributed by atoms with Gasteiger partial charge in [0.1, 0.15) is 6.67 Å². The number of alkyl halides is 1. The lowest BCUT2D eigenvalue weighted by molar-refractivity contribution is 0.106. The van der Waals surface area contributed by atoms with Crippen LogP contribution in [0.2, 0.25) is 0 Å². The molecule has 0 saturated heterocycles. The molecule has 0 atom stereocenters. The molecule has 5 N–H and O–H groups in total.